The van der Waals surface area contributed by atoms with E-state index in [4.69, 9.17) is 4.74 Å². The number of ether oxygens (including phenoxy) is 1. The fraction of sp³-hybridized carbons (Fsp3) is 0.367. The number of hydrogen-bond acceptors (Lipinski definition) is 7. The number of piperazine rings is 1. The number of rotatable bonds is 8. The van der Waals surface area contributed by atoms with Gasteiger partial charge < -0.3 is 29.6 Å². The molecule has 0 saturated carbocycles. The lowest BCUT2D eigenvalue weighted by molar-refractivity contribution is 0.102. The summed E-state index contributed by atoms with van der Waals surface area (Å²) in [5, 5.41) is 12.1. The van der Waals surface area contributed by atoms with Gasteiger partial charge in [-0.2, -0.15) is 0 Å². The summed E-state index contributed by atoms with van der Waals surface area (Å²) in [7, 11) is 1.58. The molecule has 11 heteroatoms. The number of methoxy groups -OCH3 is 1. The number of aliphatic hydroxyl groups is 1. The van der Waals surface area contributed by atoms with Crippen molar-refractivity contribution in [1.29, 1.82) is 0 Å². The fourth-order valence-electron chi connectivity index (χ4n) is 5.00. The normalized spacial score (nSPS) is 14.3. The Labute approximate surface area is 238 Å². The molecule has 1 fully saturated rings. The molecular formula is C30H36FN7O3. The number of aromatic nitrogens is 4. The predicted octanol–water partition coefficient (Wildman–Crippen LogP) is 4.21. The second-order valence-electron chi connectivity index (χ2n) is 11.0. The van der Waals surface area contributed by atoms with Gasteiger partial charge in [0, 0.05) is 55.6 Å². The van der Waals surface area contributed by atoms with Crippen LogP contribution >= 0.6 is 0 Å². The van der Waals surface area contributed by atoms with Gasteiger partial charge in [0.15, 0.2) is 5.82 Å². The van der Waals surface area contributed by atoms with Crippen LogP contribution in [0.2, 0.25) is 0 Å². The topological polar surface area (TPSA) is 112 Å². The molecule has 216 valence electrons. The first-order valence-electron chi connectivity index (χ1n) is 13.6. The van der Waals surface area contributed by atoms with Crippen LogP contribution in [0.15, 0.2) is 55.0 Å². The molecule has 3 N–H and O–H groups in total. The van der Waals surface area contributed by atoms with Crippen LogP contribution < -0.4 is 15.0 Å². The predicted molar refractivity (Wildman–Crippen MR) is 157 cm³/mol. The van der Waals surface area contributed by atoms with Crippen molar-refractivity contribution in [2.75, 3.05) is 56.7 Å². The van der Waals surface area contributed by atoms with Crippen molar-refractivity contribution in [3.63, 3.8) is 0 Å². The quantitative estimate of drug-likeness (QED) is 0.296. The number of carbonyl (C=O) groups excluding carboxylic acids is 1. The van der Waals surface area contributed by atoms with Crippen molar-refractivity contribution in [3.8, 4) is 28.5 Å². The Kier molecular flexibility index (Phi) is 8.09. The number of β-amino-alcohol motifs (C(OH)–C–C–N with tert-alkyl or cyclic N) is 1. The molecule has 0 spiro atoms. The molecule has 1 aliphatic heterocycles. The number of H-pyrrole nitrogens is 1. The van der Waals surface area contributed by atoms with Gasteiger partial charge in [-0.25, -0.2) is 14.4 Å². The third-order valence-corrected chi connectivity index (χ3v) is 7.24. The van der Waals surface area contributed by atoms with E-state index in [2.05, 4.69) is 30.1 Å². The molecule has 0 radical (unpaired) electrons. The van der Waals surface area contributed by atoms with Gasteiger partial charge in [0.05, 0.1) is 37.6 Å². The highest BCUT2D eigenvalue weighted by molar-refractivity contribution is 6.04. The largest absolute Gasteiger partial charge is 0.494 e. The van der Waals surface area contributed by atoms with Crippen molar-refractivity contribution >= 4 is 17.3 Å². The second kappa shape index (κ2) is 11.7. The zero-order valence-corrected chi connectivity index (χ0v) is 23.8. The van der Waals surface area contributed by atoms with E-state index in [-0.39, 0.29) is 29.6 Å². The van der Waals surface area contributed by atoms with E-state index in [0.29, 0.717) is 35.2 Å². The Balaban J connectivity index is 1.37. The Morgan fingerprint density at radius 3 is 2.49 bits per heavy atom. The highest BCUT2D eigenvalue weighted by Gasteiger charge is 2.25. The van der Waals surface area contributed by atoms with Gasteiger partial charge >= 0.3 is 0 Å². The number of nitrogens with one attached hydrogen (secondary N) is 2. The molecule has 0 aliphatic carbocycles. The van der Waals surface area contributed by atoms with Crippen LogP contribution in [-0.2, 0) is 5.54 Å². The van der Waals surface area contributed by atoms with E-state index in [0.717, 1.165) is 37.4 Å². The summed E-state index contributed by atoms with van der Waals surface area (Å²) in [6.07, 6.45) is 3.22. The van der Waals surface area contributed by atoms with Crippen LogP contribution in [0.4, 0.5) is 15.8 Å². The number of carbonyl (C=O) groups is 1. The standard InChI is InChI=1S/C30H36FN7O3/c1-30(2,3)38-19-33-26(20-5-7-21(31)8-6-20)27(38)28-32-18-24(34-28)29(40)35-23-10-9-22(17-25(23)41-4)37-13-11-36(12-14-37)15-16-39/h5-10,17-19,39H,11-16H2,1-4H3,(H,32,34)(H,35,40). The number of aromatic amines is 1. The highest BCUT2D eigenvalue weighted by atomic mass is 19.1. The van der Waals surface area contributed by atoms with Crippen molar-refractivity contribution < 1.29 is 19.0 Å². The highest BCUT2D eigenvalue weighted by Crippen LogP contribution is 2.34. The molecule has 1 aliphatic rings. The lowest BCUT2D eigenvalue weighted by atomic mass is 10.1. The Morgan fingerprint density at radius 1 is 1.10 bits per heavy atom. The summed E-state index contributed by atoms with van der Waals surface area (Å²) in [6, 6.07) is 11.9. The molecule has 5 rings (SSSR count). The van der Waals surface area contributed by atoms with Crippen molar-refractivity contribution in [3.05, 3.63) is 66.5 Å². The van der Waals surface area contributed by atoms with E-state index >= 15 is 0 Å². The van der Waals surface area contributed by atoms with Crippen LogP contribution in [0.5, 0.6) is 5.75 Å². The summed E-state index contributed by atoms with van der Waals surface area (Å²) in [6.45, 7) is 10.4. The minimum atomic E-state index is -0.363. The van der Waals surface area contributed by atoms with Gasteiger partial charge in [-0.05, 0) is 57.2 Å². The number of nitrogens with zero attached hydrogens (tertiary/aromatic N) is 5. The van der Waals surface area contributed by atoms with Gasteiger partial charge in [-0.3, -0.25) is 9.69 Å². The smallest absolute Gasteiger partial charge is 0.273 e. The molecule has 0 atom stereocenters. The number of aliphatic hydroxyl groups excluding tert-OH is 1. The van der Waals surface area contributed by atoms with Crippen LogP contribution in [-0.4, -0.2) is 81.9 Å². The molecule has 41 heavy (non-hydrogen) atoms. The number of halogens is 1. The molecule has 1 saturated heterocycles. The van der Waals surface area contributed by atoms with E-state index in [9.17, 15) is 14.3 Å². The van der Waals surface area contributed by atoms with Crippen molar-refractivity contribution in [2.24, 2.45) is 0 Å². The molecule has 4 aromatic rings. The van der Waals surface area contributed by atoms with Gasteiger partial charge in [0.2, 0.25) is 0 Å². The summed E-state index contributed by atoms with van der Waals surface area (Å²) >= 11 is 0. The van der Waals surface area contributed by atoms with Crippen molar-refractivity contribution in [2.45, 2.75) is 26.3 Å². The SMILES string of the molecule is COc1cc(N2CCN(CCO)CC2)ccc1NC(=O)c1cnc(-c2c(-c3ccc(F)cc3)ncn2C(C)(C)C)[nH]1. The van der Waals surface area contributed by atoms with Crippen LogP contribution in [0.1, 0.15) is 31.3 Å². The number of benzene rings is 2. The van der Waals surface area contributed by atoms with Gasteiger partial charge in [0.25, 0.3) is 5.91 Å². The van der Waals surface area contributed by atoms with Crippen LogP contribution in [0.25, 0.3) is 22.8 Å². The molecule has 3 heterocycles. The number of hydrogen-bond donors (Lipinski definition) is 3. The minimum Gasteiger partial charge on any atom is -0.494 e. The average Bonchev–Trinajstić information content (AvgIpc) is 3.62. The molecule has 1 amide bonds. The first-order chi connectivity index (χ1) is 19.7. The summed E-state index contributed by atoms with van der Waals surface area (Å²) < 4.78 is 21.2. The number of amides is 1. The van der Waals surface area contributed by atoms with E-state index < -0.39 is 0 Å². The maximum atomic E-state index is 13.6. The lowest BCUT2D eigenvalue weighted by Gasteiger charge is -2.36. The molecule has 2 aromatic carbocycles. The fourth-order valence-corrected chi connectivity index (χ4v) is 5.00. The minimum absolute atomic E-state index is 0.162. The molecule has 0 bridgehead atoms. The maximum Gasteiger partial charge on any atom is 0.273 e. The first kappa shape index (κ1) is 28.3. The Bertz CT molecular complexity index is 1500. The summed E-state index contributed by atoms with van der Waals surface area (Å²) in [5.41, 5.74) is 3.58. The Hall–Kier alpha value is -4.22. The van der Waals surface area contributed by atoms with Crippen LogP contribution in [0, 0.1) is 5.82 Å². The second-order valence-corrected chi connectivity index (χ2v) is 11.0. The third kappa shape index (κ3) is 6.10. The monoisotopic (exact) mass is 561 g/mol. The zero-order chi connectivity index (χ0) is 29.1. The number of anilines is 2. The summed E-state index contributed by atoms with van der Waals surface area (Å²) in [5.74, 6) is 0.339. The molecule has 2 aromatic heterocycles. The molecule has 10 nitrogen and oxygen atoms in total. The average molecular weight is 562 g/mol. The number of imidazole rings is 2. The van der Waals surface area contributed by atoms with Crippen LogP contribution in [0.3, 0.4) is 0 Å². The van der Waals surface area contributed by atoms with E-state index in [1.807, 2.05) is 43.5 Å². The summed E-state index contributed by atoms with van der Waals surface area (Å²) in [4.78, 5) is 30.1. The van der Waals surface area contributed by atoms with E-state index in [1.165, 1.54) is 18.3 Å². The first-order valence-corrected chi connectivity index (χ1v) is 13.6. The van der Waals surface area contributed by atoms with Crippen molar-refractivity contribution in [1.82, 2.24) is 24.4 Å². The van der Waals surface area contributed by atoms with Gasteiger partial charge in [0.1, 0.15) is 23.0 Å². The third-order valence-electron chi connectivity index (χ3n) is 7.24. The molecule has 0 unspecified atom stereocenters. The maximum absolute atomic E-state index is 13.6. The Morgan fingerprint density at radius 2 is 1.83 bits per heavy atom. The lowest BCUT2D eigenvalue weighted by Crippen LogP contribution is -2.47. The zero-order valence-electron chi connectivity index (χ0n) is 23.8. The molecular weight excluding hydrogens is 525 g/mol. The van der Waals surface area contributed by atoms with Gasteiger partial charge in [-0.1, -0.05) is 0 Å². The van der Waals surface area contributed by atoms with Gasteiger partial charge in [-0.15, -0.1) is 0 Å². The van der Waals surface area contributed by atoms with E-state index in [1.54, 1.807) is 25.6 Å².